The van der Waals surface area contributed by atoms with Crippen molar-refractivity contribution in [2.45, 2.75) is 26.2 Å². The zero-order valence-electron chi connectivity index (χ0n) is 11.9. The van der Waals surface area contributed by atoms with E-state index in [1.54, 1.807) is 0 Å². The second-order valence-corrected chi connectivity index (χ2v) is 5.77. The molecule has 1 aliphatic rings. The van der Waals surface area contributed by atoms with Crippen LogP contribution in [0.2, 0.25) is 5.02 Å². The van der Waals surface area contributed by atoms with Gasteiger partial charge in [-0.05, 0) is 37.5 Å². The van der Waals surface area contributed by atoms with Gasteiger partial charge in [-0.15, -0.1) is 0 Å². The predicted octanol–water partition coefficient (Wildman–Crippen LogP) is 2.86. The molecule has 4 nitrogen and oxygen atoms in total. The van der Waals surface area contributed by atoms with Gasteiger partial charge in [-0.1, -0.05) is 18.5 Å². The van der Waals surface area contributed by atoms with Crippen LogP contribution in [0.15, 0.2) is 18.2 Å². The molecule has 0 bridgehead atoms. The van der Waals surface area contributed by atoms with Crippen LogP contribution in [0.4, 0.5) is 11.4 Å². The normalized spacial score (nSPS) is 16.9. The van der Waals surface area contributed by atoms with E-state index >= 15 is 0 Å². The molecular formula is C15H22ClN3O. The second kappa shape index (κ2) is 6.95. The fourth-order valence-electron chi connectivity index (χ4n) is 2.38. The molecule has 1 amide bonds. The molecule has 1 aromatic carbocycles. The van der Waals surface area contributed by atoms with Crippen LogP contribution in [0, 0.1) is 5.92 Å². The van der Waals surface area contributed by atoms with E-state index in [0.29, 0.717) is 11.6 Å². The summed E-state index contributed by atoms with van der Waals surface area (Å²) < 4.78 is 0. The van der Waals surface area contributed by atoms with Crippen molar-refractivity contribution in [2.75, 3.05) is 29.9 Å². The molecule has 1 saturated heterocycles. The molecule has 3 N–H and O–H groups in total. The van der Waals surface area contributed by atoms with E-state index in [9.17, 15) is 4.79 Å². The first kappa shape index (κ1) is 15.1. The maximum absolute atomic E-state index is 12.0. The highest BCUT2D eigenvalue weighted by Crippen LogP contribution is 2.31. The minimum Gasteiger partial charge on any atom is -0.370 e. The summed E-state index contributed by atoms with van der Waals surface area (Å²) >= 11 is 6.06. The van der Waals surface area contributed by atoms with Gasteiger partial charge in [0.1, 0.15) is 0 Å². The summed E-state index contributed by atoms with van der Waals surface area (Å²) in [4.78, 5) is 14.3. The number of rotatable bonds is 4. The van der Waals surface area contributed by atoms with E-state index in [2.05, 4.69) is 10.2 Å². The number of carbonyl (C=O) groups excluding carboxylic acids is 1. The number of carbonyl (C=O) groups is 1. The van der Waals surface area contributed by atoms with E-state index < -0.39 is 0 Å². The van der Waals surface area contributed by atoms with Crippen molar-refractivity contribution in [3.8, 4) is 0 Å². The lowest BCUT2D eigenvalue weighted by Gasteiger charge is -2.30. The maximum atomic E-state index is 12.0. The largest absolute Gasteiger partial charge is 0.370 e. The van der Waals surface area contributed by atoms with Gasteiger partial charge in [-0.2, -0.15) is 0 Å². The molecule has 1 aromatic rings. The zero-order chi connectivity index (χ0) is 14.5. The number of nitrogens with one attached hydrogen (secondary N) is 1. The Morgan fingerprint density at radius 3 is 2.75 bits per heavy atom. The Hall–Kier alpha value is -1.26. The predicted molar refractivity (Wildman–Crippen MR) is 84.4 cm³/mol. The van der Waals surface area contributed by atoms with Crippen LogP contribution >= 0.6 is 11.6 Å². The van der Waals surface area contributed by atoms with Gasteiger partial charge in [-0.3, -0.25) is 4.79 Å². The quantitative estimate of drug-likeness (QED) is 0.898. The van der Waals surface area contributed by atoms with Gasteiger partial charge in [0.2, 0.25) is 5.91 Å². The molecule has 0 aromatic heterocycles. The van der Waals surface area contributed by atoms with Gasteiger partial charge in [0.15, 0.2) is 0 Å². The number of nitrogens with two attached hydrogens (primary N) is 1. The fraction of sp³-hybridized carbons (Fsp3) is 0.533. The summed E-state index contributed by atoms with van der Waals surface area (Å²) in [6.07, 6.45) is 3.65. The van der Waals surface area contributed by atoms with Gasteiger partial charge in [0, 0.05) is 30.6 Å². The van der Waals surface area contributed by atoms with Crippen molar-refractivity contribution in [2.24, 2.45) is 11.7 Å². The first-order chi connectivity index (χ1) is 9.61. The van der Waals surface area contributed by atoms with Gasteiger partial charge >= 0.3 is 0 Å². The third-order valence-electron chi connectivity index (χ3n) is 3.71. The van der Waals surface area contributed by atoms with E-state index in [1.165, 1.54) is 19.3 Å². The number of benzene rings is 1. The van der Waals surface area contributed by atoms with Crippen molar-refractivity contribution in [3.05, 3.63) is 23.2 Å². The van der Waals surface area contributed by atoms with Crippen molar-refractivity contribution in [1.29, 1.82) is 0 Å². The highest BCUT2D eigenvalue weighted by atomic mass is 35.5. The number of anilines is 2. The Bertz CT molecular complexity index is 472. The third kappa shape index (κ3) is 3.64. The minimum absolute atomic E-state index is 0.0620. The third-order valence-corrected chi connectivity index (χ3v) is 3.95. The topological polar surface area (TPSA) is 58.4 Å². The van der Waals surface area contributed by atoms with Gasteiger partial charge < -0.3 is 16.0 Å². The Labute approximate surface area is 125 Å². The SMILES string of the molecule is CC(CN)C(=O)Nc1cc(Cl)ccc1N1CCCCC1. The van der Waals surface area contributed by atoms with Crippen LogP contribution in [0.1, 0.15) is 26.2 Å². The maximum Gasteiger partial charge on any atom is 0.228 e. The van der Waals surface area contributed by atoms with Crippen LogP contribution in [0.5, 0.6) is 0 Å². The lowest BCUT2D eigenvalue weighted by molar-refractivity contribution is -0.119. The van der Waals surface area contributed by atoms with Crippen LogP contribution in [0.25, 0.3) is 0 Å². The standard InChI is InChI=1S/C15H22ClN3O/c1-11(10-17)15(20)18-13-9-12(16)5-6-14(13)19-7-3-2-4-8-19/h5-6,9,11H,2-4,7-8,10,17H2,1H3,(H,18,20). The summed E-state index contributed by atoms with van der Waals surface area (Å²) in [5.74, 6) is -0.267. The summed E-state index contributed by atoms with van der Waals surface area (Å²) in [7, 11) is 0. The van der Waals surface area contributed by atoms with Crippen LogP contribution < -0.4 is 16.0 Å². The van der Waals surface area contributed by atoms with Crippen molar-refractivity contribution >= 4 is 28.9 Å². The Morgan fingerprint density at radius 1 is 1.40 bits per heavy atom. The molecule has 1 atom stereocenters. The molecule has 110 valence electrons. The molecule has 5 heteroatoms. The van der Waals surface area contributed by atoms with E-state index in [-0.39, 0.29) is 11.8 Å². The highest BCUT2D eigenvalue weighted by molar-refractivity contribution is 6.31. The summed E-state index contributed by atoms with van der Waals surface area (Å²) in [6, 6.07) is 5.66. The molecule has 2 rings (SSSR count). The van der Waals surface area contributed by atoms with Crippen LogP contribution in [-0.4, -0.2) is 25.5 Å². The molecule has 0 saturated carbocycles. The zero-order valence-corrected chi connectivity index (χ0v) is 12.6. The average molecular weight is 296 g/mol. The summed E-state index contributed by atoms with van der Waals surface area (Å²) in [5.41, 5.74) is 7.37. The molecule has 0 aliphatic carbocycles. The molecule has 1 heterocycles. The molecule has 0 radical (unpaired) electrons. The molecular weight excluding hydrogens is 274 g/mol. The van der Waals surface area contributed by atoms with E-state index in [1.807, 2.05) is 25.1 Å². The van der Waals surface area contributed by atoms with Gasteiger partial charge in [-0.25, -0.2) is 0 Å². The first-order valence-corrected chi connectivity index (χ1v) is 7.55. The van der Waals surface area contributed by atoms with Crippen LogP contribution in [-0.2, 0) is 4.79 Å². The first-order valence-electron chi connectivity index (χ1n) is 7.17. The number of amides is 1. The second-order valence-electron chi connectivity index (χ2n) is 5.34. The Balaban J connectivity index is 2.21. The van der Waals surface area contributed by atoms with Crippen molar-refractivity contribution in [3.63, 3.8) is 0 Å². The number of nitrogens with zero attached hydrogens (tertiary/aromatic N) is 1. The fourth-order valence-corrected chi connectivity index (χ4v) is 2.55. The Morgan fingerprint density at radius 2 is 2.10 bits per heavy atom. The van der Waals surface area contributed by atoms with E-state index in [4.69, 9.17) is 17.3 Å². The number of hydrogen-bond donors (Lipinski definition) is 2. The van der Waals surface area contributed by atoms with Gasteiger partial charge in [0.25, 0.3) is 0 Å². The van der Waals surface area contributed by atoms with Crippen LogP contribution in [0.3, 0.4) is 0 Å². The lowest BCUT2D eigenvalue weighted by atomic mass is 10.1. The summed E-state index contributed by atoms with van der Waals surface area (Å²) in [5, 5.41) is 3.58. The molecule has 1 fully saturated rings. The smallest absolute Gasteiger partial charge is 0.228 e. The number of piperidine rings is 1. The summed E-state index contributed by atoms with van der Waals surface area (Å²) in [6.45, 7) is 4.21. The number of hydrogen-bond acceptors (Lipinski definition) is 3. The Kier molecular flexibility index (Phi) is 5.26. The van der Waals surface area contributed by atoms with Crippen molar-refractivity contribution in [1.82, 2.24) is 0 Å². The van der Waals surface area contributed by atoms with Gasteiger partial charge in [0.05, 0.1) is 11.4 Å². The molecule has 1 unspecified atom stereocenters. The highest BCUT2D eigenvalue weighted by Gasteiger charge is 2.18. The molecule has 1 aliphatic heterocycles. The molecule has 20 heavy (non-hydrogen) atoms. The number of halogens is 1. The minimum atomic E-state index is -0.205. The molecule has 0 spiro atoms. The van der Waals surface area contributed by atoms with Crippen molar-refractivity contribution < 1.29 is 4.79 Å². The monoisotopic (exact) mass is 295 g/mol. The lowest BCUT2D eigenvalue weighted by Crippen LogP contribution is -2.31. The van der Waals surface area contributed by atoms with E-state index in [0.717, 1.165) is 24.5 Å². The average Bonchev–Trinajstić information content (AvgIpc) is 2.47.